The van der Waals surface area contributed by atoms with E-state index in [1.54, 1.807) is 0 Å². The topological polar surface area (TPSA) is 56.7 Å². The first-order valence-electron chi connectivity index (χ1n) is 4.53. The Labute approximate surface area is 109 Å². The number of aromatic nitrogens is 3. The molecule has 0 aliphatic rings. The predicted octanol–water partition coefficient (Wildman–Crippen LogP) is 3.18. The van der Waals surface area contributed by atoms with Gasteiger partial charge in [0, 0.05) is 6.20 Å². The third-order valence-electron chi connectivity index (χ3n) is 2.11. The van der Waals surface area contributed by atoms with E-state index in [1.165, 1.54) is 6.20 Å². The van der Waals surface area contributed by atoms with Gasteiger partial charge in [-0.3, -0.25) is 0 Å². The van der Waals surface area contributed by atoms with Crippen molar-refractivity contribution in [2.24, 2.45) is 0 Å². The van der Waals surface area contributed by atoms with E-state index in [2.05, 4.69) is 10.1 Å². The summed E-state index contributed by atoms with van der Waals surface area (Å²) in [7, 11) is 0. The Balaban J connectivity index is 2.52. The van der Waals surface area contributed by atoms with Crippen molar-refractivity contribution in [1.82, 2.24) is 14.8 Å². The summed E-state index contributed by atoms with van der Waals surface area (Å²) in [6, 6.07) is 0.749. The lowest BCUT2D eigenvalue weighted by molar-refractivity contribution is -0.137. The maximum Gasteiger partial charge on any atom is 0.417 e. The standard InChI is InChI=1S/C9H5Cl2F3N4/c10-5-1-4(9(12,13)14)2-16-8(5)18-7(15)6(11)3-17-18/h1-3H,15H2. The molecule has 0 aromatic carbocycles. The Hall–Kier alpha value is -1.47. The van der Waals surface area contributed by atoms with Gasteiger partial charge in [-0.25, -0.2) is 4.98 Å². The van der Waals surface area contributed by atoms with Crippen molar-refractivity contribution in [3.63, 3.8) is 0 Å². The molecule has 2 rings (SSSR count). The Bertz CT molecular complexity index is 594. The van der Waals surface area contributed by atoms with Crippen LogP contribution in [0, 0.1) is 0 Å². The molecule has 0 aliphatic heterocycles. The number of anilines is 1. The van der Waals surface area contributed by atoms with Crippen molar-refractivity contribution in [2.45, 2.75) is 6.18 Å². The van der Waals surface area contributed by atoms with E-state index < -0.39 is 11.7 Å². The Morgan fingerprint density at radius 3 is 2.28 bits per heavy atom. The summed E-state index contributed by atoms with van der Waals surface area (Å²) in [5.74, 6) is 0.0277. The zero-order valence-electron chi connectivity index (χ0n) is 8.54. The molecular weight excluding hydrogens is 292 g/mol. The van der Waals surface area contributed by atoms with Gasteiger partial charge in [-0.05, 0) is 6.07 Å². The summed E-state index contributed by atoms with van der Waals surface area (Å²) in [4.78, 5) is 3.60. The molecule has 0 saturated heterocycles. The number of pyridine rings is 1. The van der Waals surface area contributed by atoms with E-state index in [1.807, 2.05) is 0 Å². The number of alkyl halides is 3. The molecule has 2 heterocycles. The highest BCUT2D eigenvalue weighted by atomic mass is 35.5. The van der Waals surface area contributed by atoms with E-state index in [0.29, 0.717) is 6.20 Å². The van der Waals surface area contributed by atoms with Gasteiger partial charge in [0.1, 0.15) is 10.8 Å². The average molecular weight is 297 g/mol. The number of rotatable bonds is 1. The highest BCUT2D eigenvalue weighted by Gasteiger charge is 2.31. The fourth-order valence-corrected chi connectivity index (χ4v) is 1.62. The van der Waals surface area contributed by atoms with Crippen LogP contribution in [0.4, 0.5) is 19.0 Å². The van der Waals surface area contributed by atoms with Gasteiger partial charge in [-0.15, -0.1) is 0 Å². The molecule has 4 nitrogen and oxygen atoms in total. The van der Waals surface area contributed by atoms with Gasteiger partial charge < -0.3 is 5.73 Å². The van der Waals surface area contributed by atoms with Crippen molar-refractivity contribution >= 4 is 29.0 Å². The molecule has 0 atom stereocenters. The van der Waals surface area contributed by atoms with Crippen molar-refractivity contribution in [3.05, 3.63) is 34.1 Å². The summed E-state index contributed by atoms with van der Waals surface area (Å²) in [5, 5.41) is 3.70. The minimum Gasteiger partial charge on any atom is -0.382 e. The van der Waals surface area contributed by atoms with Crippen LogP contribution in [0.5, 0.6) is 0 Å². The van der Waals surface area contributed by atoms with Crippen LogP contribution >= 0.6 is 23.2 Å². The van der Waals surface area contributed by atoms with Crippen molar-refractivity contribution in [1.29, 1.82) is 0 Å². The molecule has 0 spiro atoms. The molecule has 0 amide bonds. The number of hydrogen-bond acceptors (Lipinski definition) is 3. The predicted molar refractivity (Wildman–Crippen MR) is 60.8 cm³/mol. The number of nitrogens with two attached hydrogens (primary N) is 1. The van der Waals surface area contributed by atoms with E-state index in [9.17, 15) is 13.2 Å². The lowest BCUT2D eigenvalue weighted by Gasteiger charge is -2.09. The Morgan fingerprint density at radius 1 is 1.17 bits per heavy atom. The van der Waals surface area contributed by atoms with Crippen LogP contribution in [0.3, 0.4) is 0 Å². The summed E-state index contributed by atoms with van der Waals surface area (Å²) in [5.41, 5.74) is 4.62. The van der Waals surface area contributed by atoms with Gasteiger partial charge >= 0.3 is 6.18 Å². The third kappa shape index (κ3) is 2.23. The molecule has 0 fully saturated rings. The molecule has 2 aromatic heterocycles. The zero-order chi connectivity index (χ0) is 13.5. The van der Waals surface area contributed by atoms with Gasteiger partial charge in [0.25, 0.3) is 0 Å². The Morgan fingerprint density at radius 2 is 1.83 bits per heavy atom. The van der Waals surface area contributed by atoms with Crippen LogP contribution in [-0.2, 0) is 6.18 Å². The normalized spacial score (nSPS) is 11.8. The van der Waals surface area contributed by atoms with Gasteiger partial charge in [0.2, 0.25) is 0 Å². The fraction of sp³-hybridized carbons (Fsp3) is 0.111. The van der Waals surface area contributed by atoms with Crippen molar-refractivity contribution in [2.75, 3.05) is 5.73 Å². The molecule has 9 heteroatoms. The first-order chi connectivity index (χ1) is 8.30. The average Bonchev–Trinajstić information content (AvgIpc) is 2.59. The SMILES string of the molecule is Nc1c(Cl)cnn1-c1ncc(C(F)(F)F)cc1Cl. The first kappa shape index (κ1) is 13.0. The van der Waals surface area contributed by atoms with Crippen LogP contribution in [0.15, 0.2) is 18.5 Å². The summed E-state index contributed by atoms with van der Waals surface area (Å²) < 4.78 is 38.3. The highest BCUT2D eigenvalue weighted by Crippen LogP contribution is 2.32. The maximum absolute atomic E-state index is 12.4. The molecule has 0 radical (unpaired) electrons. The van der Waals surface area contributed by atoms with Crippen LogP contribution < -0.4 is 5.73 Å². The van der Waals surface area contributed by atoms with Crippen LogP contribution in [0.25, 0.3) is 5.82 Å². The lowest BCUT2D eigenvalue weighted by Crippen LogP contribution is -2.09. The van der Waals surface area contributed by atoms with Crippen molar-refractivity contribution in [3.8, 4) is 5.82 Å². The lowest BCUT2D eigenvalue weighted by atomic mass is 10.3. The Kier molecular flexibility index (Phi) is 3.12. The minimum atomic E-state index is -4.51. The van der Waals surface area contributed by atoms with E-state index in [0.717, 1.165) is 10.7 Å². The fourth-order valence-electron chi connectivity index (χ4n) is 1.25. The monoisotopic (exact) mass is 296 g/mol. The maximum atomic E-state index is 12.4. The summed E-state index contributed by atoms with van der Waals surface area (Å²) >= 11 is 11.4. The second-order valence-corrected chi connectivity index (χ2v) is 4.13. The third-order valence-corrected chi connectivity index (χ3v) is 2.68. The second kappa shape index (κ2) is 4.33. The molecule has 96 valence electrons. The van der Waals surface area contributed by atoms with Crippen LogP contribution in [0.2, 0.25) is 10.0 Å². The molecule has 0 saturated carbocycles. The summed E-state index contributed by atoms with van der Waals surface area (Å²) in [6.45, 7) is 0. The number of nitrogen functional groups attached to an aromatic ring is 1. The molecule has 0 bridgehead atoms. The number of hydrogen-bond donors (Lipinski definition) is 1. The molecule has 2 N–H and O–H groups in total. The van der Waals surface area contributed by atoms with Gasteiger partial charge in [0.15, 0.2) is 5.82 Å². The zero-order valence-corrected chi connectivity index (χ0v) is 10.1. The molecule has 18 heavy (non-hydrogen) atoms. The molecular formula is C9H5Cl2F3N4. The smallest absolute Gasteiger partial charge is 0.382 e. The minimum absolute atomic E-state index is 0.0194. The quantitative estimate of drug-likeness (QED) is 0.879. The van der Waals surface area contributed by atoms with Gasteiger partial charge in [-0.1, -0.05) is 23.2 Å². The first-order valence-corrected chi connectivity index (χ1v) is 5.28. The molecule has 0 aliphatic carbocycles. The second-order valence-electron chi connectivity index (χ2n) is 3.32. The van der Waals surface area contributed by atoms with Crippen LogP contribution in [-0.4, -0.2) is 14.8 Å². The number of nitrogens with zero attached hydrogens (tertiary/aromatic N) is 3. The van der Waals surface area contributed by atoms with Gasteiger partial charge in [0.05, 0.1) is 16.8 Å². The van der Waals surface area contributed by atoms with E-state index in [4.69, 9.17) is 28.9 Å². The molecule has 2 aromatic rings. The van der Waals surface area contributed by atoms with E-state index >= 15 is 0 Å². The largest absolute Gasteiger partial charge is 0.417 e. The van der Waals surface area contributed by atoms with Crippen molar-refractivity contribution < 1.29 is 13.2 Å². The number of halogens is 5. The van der Waals surface area contributed by atoms with E-state index in [-0.39, 0.29) is 21.7 Å². The summed E-state index contributed by atoms with van der Waals surface area (Å²) in [6.07, 6.45) is -2.62. The molecule has 0 unspecified atom stereocenters. The van der Waals surface area contributed by atoms with Crippen LogP contribution in [0.1, 0.15) is 5.56 Å². The van der Waals surface area contributed by atoms with Gasteiger partial charge in [-0.2, -0.15) is 23.0 Å². The highest BCUT2D eigenvalue weighted by molar-refractivity contribution is 6.33.